The van der Waals surface area contributed by atoms with E-state index >= 15 is 0 Å². The molecule has 1 amide bonds. The molecule has 1 heterocycles. The Balaban J connectivity index is 1.16. The summed E-state index contributed by atoms with van der Waals surface area (Å²) >= 11 is 5.32. The first kappa shape index (κ1) is 27.2. The molecule has 2 N–H and O–H groups in total. The van der Waals surface area contributed by atoms with Crippen molar-refractivity contribution in [3.63, 3.8) is 0 Å². The number of anilines is 2. The van der Waals surface area contributed by atoms with Crippen molar-refractivity contribution in [2.45, 2.75) is 11.3 Å². The summed E-state index contributed by atoms with van der Waals surface area (Å²) in [5.41, 5.74) is 2.58. The van der Waals surface area contributed by atoms with E-state index in [0.717, 1.165) is 11.3 Å². The van der Waals surface area contributed by atoms with Gasteiger partial charge in [-0.25, -0.2) is 8.42 Å². The van der Waals surface area contributed by atoms with E-state index in [1.54, 1.807) is 36.4 Å². The van der Waals surface area contributed by atoms with Crippen LogP contribution in [0.5, 0.6) is 11.5 Å². The molecule has 4 aromatic carbocycles. The topological polar surface area (TPSA) is 97.0 Å². The SMILES string of the molecule is O=C(NC(=S)Nc1ccc(S(=O)(=O)N2CCc3ccccc32)cc1)c1ccccc1OCCOc1ccccc1. The molecule has 204 valence electrons. The van der Waals surface area contributed by atoms with Crippen LogP contribution in [-0.4, -0.2) is 39.2 Å². The van der Waals surface area contributed by atoms with Crippen LogP contribution in [0.3, 0.4) is 0 Å². The summed E-state index contributed by atoms with van der Waals surface area (Å²) in [7, 11) is -3.70. The molecule has 0 saturated heterocycles. The summed E-state index contributed by atoms with van der Waals surface area (Å²) in [6, 6.07) is 30.0. The smallest absolute Gasteiger partial charge is 0.264 e. The number of amides is 1. The van der Waals surface area contributed by atoms with Crippen LogP contribution in [0.15, 0.2) is 108 Å². The molecule has 8 nitrogen and oxygen atoms in total. The lowest BCUT2D eigenvalue weighted by atomic mass is 10.2. The van der Waals surface area contributed by atoms with Gasteiger partial charge < -0.3 is 14.8 Å². The highest BCUT2D eigenvalue weighted by molar-refractivity contribution is 7.92. The van der Waals surface area contributed by atoms with Gasteiger partial charge in [-0.2, -0.15) is 0 Å². The highest BCUT2D eigenvalue weighted by Gasteiger charge is 2.30. The van der Waals surface area contributed by atoms with Crippen molar-refractivity contribution in [2.24, 2.45) is 0 Å². The molecule has 0 spiro atoms. The lowest BCUT2D eigenvalue weighted by Crippen LogP contribution is -2.34. The zero-order chi connectivity index (χ0) is 28.0. The summed E-state index contributed by atoms with van der Waals surface area (Å²) in [5, 5.41) is 5.64. The number of benzene rings is 4. The van der Waals surface area contributed by atoms with E-state index in [9.17, 15) is 13.2 Å². The summed E-state index contributed by atoms with van der Waals surface area (Å²) < 4.78 is 39.3. The fraction of sp³-hybridized carbons (Fsp3) is 0.133. The first-order valence-electron chi connectivity index (χ1n) is 12.6. The van der Waals surface area contributed by atoms with E-state index in [1.807, 2.05) is 54.6 Å². The lowest BCUT2D eigenvalue weighted by Gasteiger charge is -2.20. The second-order valence-electron chi connectivity index (χ2n) is 8.89. The Labute approximate surface area is 238 Å². The van der Waals surface area contributed by atoms with E-state index in [0.29, 0.717) is 42.3 Å². The predicted octanol–water partition coefficient (Wildman–Crippen LogP) is 5.02. The minimum Gasteiger partial charge on any atom is -0.490 e. The van der Waals surface area contributed by atoms with Gasteiger partial charge in [0.2, 0.25) is 0 Å². The maximum atomic E-state index is 13.2. The van der Waals surface area contributed by atoms with Crippen LogP contribution in [0.2, 0.25) is 0 Å². The summed E-state index contributed by atoms with van der Waals surface area (Å²) in [6.45, 7) is 0.971. The molecule has 4 aromatic rings. The molecule has 40 heavy (non-hydrogen) atoms. The minimum atomic E-state index is -3.70. The normalized spacial score (nSPS) is 12.3. The number of rotatable bonds is 9. The van der Waals surface area contributed by atoms with E-state index in [4.69, 9.17) is 21.7 Å². The van der Waals surface area contributed by atoms with Gasteiger partial charge in [-0.3, -0.25) is 14.4 Å². The Morgan fingerprint density at radius 1 is 0.825 bits per heavy atom. The molecule has 5 rings (SSSR count). The molecule has 10 heteroatoms. The molecular weight excluding hydrogens is 546 g/mol. The fourth-order valence-corrected chi connectivity index (χ4v) is 6.05. The Kier molecular flexibility index (Phi) is 8.28. The second kappa shape index (κ2) is 12.2. The largest absolute Gasteiger partial charge is 0.490 e. The standard InChI is InChI=1S/C30H27N3O5S2/c34-29(26-11-5-7-13-28(26)38-21-20-37-24-9-2-1-3-10-24)32-30(39)31-23-14-16-25(17-15-23)40(35,36)33-19-18-22-8-4-6-12-27(22)33/h1-17H,18-21H2,(H2,31,32,34,39). The molecule has 1 aliphatic heterocycles. The number of carbonyl (C=O) groups excluding carboxylic acids is 1. The van der Waals surface area contributed by atoms with Crippen LogP contribution in [0.25, 0.3) is 0 Å². The first-order valence-corrected chi connectivity index (χ1v) is 14.5. The van der Waals surface area contributed by atoms with Gasteiger partial charge in [0.1, 0.15) is 24.7 Å². The lowest BCUT2D eigenvalue weighted by molar-refractivity contribution is 0.0972. The third-order valence-corrected chi connectivity index (χ3v) is 8.29. The molecule has 0 unspecified atom stereocenters. The number of nitrogens with zero attached hydrogens (tertiary/aromatic N) is 1. The number of hydrogen-bond donors (Lipinski definition) is 2. The number of fused-ring (bicyclic) bond motifs is 1. The van der Waals surface area contributed by atoms with Crippen LogP contribution >= 0.6 is 12.2 Å². The van der Waals surface area contributed by atoms with E-state index in [-0.39, 0.29) is 16.6 Å². The van der Waals surface area contributed by atoms with Gasteiger partial charge in [0.25, 0.3) is 15.9 Å². The fourth-order valence-electron chi connectivity index (χ4n) is 4.34. The highest BCUT2D eigenvalue weighted by atomic mass is 32.2. The predicted molar refractivity (Wildman–Crippen MR) is 159 cm³/mol. The van der Waals surface area contributed by atoms with Gasteiger partial charge in [-0.05, 0) is 78.8 Å². The minimum absolute atomic E-state index is 0.0660. The number of sulfonamides is 1. The molecule has 1 aliphatic rings. The summed E-state index contributed by atoms with van der Waals surface area (Å²) in [4.78, 5) is 13.1. The van der Waals surface area contributed by atoms with Gasteiger partial charge in [0, 0.05) is 12.2 Å². The second-order valence-corrected chi connectivity index (χ2v) is 11.2. The number of nitrogens with one attached hydrogen (secondary N) is 2. The average molecular weight is 574 g/mol. The number of carbonyl (C=O) groups is 1. The van der Waals surface area contributed by atoms with Crippen molar-refractivity contribution in [3.8, 4) is 11.5 Å². The van der Waals surface area contributed by atoms with E-state index in [2.05, 4.69) is 10.6 Å². The van der Waals surface area contributed by atoms with E-state index < -0.39 is 15.9 Å². The molecule has 0 atom stereocenters. The number of para-hydroxylation sites is 3. The molecule has 0 bridgehead atoms. The summed E-state index contributed by atoms with van der Waals surface area (Å²) in [6.07, 6.45) is 0.679. The molecule has 0 radical (unpaired) electrons. The van der Waals surface area contributed by atoms with Crippen molar-refractivity contribution in [1.82, 2.24) is 5.32 Å². The zero-order valence-corrected chi connectivity index (χ0v) is 23.1. The average Bonchev–Trinajstić information content (AvgIpc) is 3.42. The van der Waals surface area contributed by atoms with Gasteiger partial charge in [-0.15, -0.1) is 0 Å². The van der Waals surface area contributed by atoms with E-state index in [1.165, 1.54) is 16.4 Å². The maximum Gasteiger partial charge on any atom is 0.264 e. The van der Waals surface area contributed by atoms with Crippen LogP contribution in [-0.2, 0) is 16.4 Å². The van der Waals surface area contributed by atoms with Gasteiger partial charge >= 0.3 is 0 Å². The van der Waals surface area contributed by atoms with Crippen molar-refractivity contribution in [3.05, 3.63) is 114 Å². The first-order chi connectivity index (χ1) is 19.4. The van der Waals surface area contributed by atoms with Crippen molar-refractivity contribution >= 4 is 44.6 Å². The quantitative estimate of drug-likeness (QED) is 0.214. The maximum absolute atomic E-state index is 13.2. The Morgan fingerprint density at radius 3 is 2.30 bits per heavy atom. The molecular formula is C30H27N3O5S2. The Bertz CT molecular complexity index is 1610. The van der Waals surface area contributed by atoms with Crippen molar-refractivity contribution < 1.29 is 22.7 Å². The van der Waals surface area contributed by atoms with Crippen LogP contribution < -0.4 is 24.4 Å². The zero-order valence-electron chi connectivity index (χ0n) is 21.4. The van der Waals surface area contributed by atoms with Crippen molar-refractivity contribution in [2.75, 3.05) is 29.4 Å². The van der Waals surface area contributed by atoms with Gasteiger partial charge in [-0.1, -0.05) is 48.5 Å². The Morgan fingerprint density at radius 2 is 1.50 bits per heavy atom. The monoisotopic (exact) mass is 573 g/mol. The van der Waals surface area contributed by atoms with Crippen LogP contribution in [0, 0.1) is 0 Å². The highest BCUT2D eigenvalue weighted by Crippen LogP contribution is 2.32. The third kappa shape index (κ3) is 6.24. The molecule has 0 saturated carbocycles. The number of hydrogen-bond acceptors (Lipinski definition) is 6. The van der Waals surface area contributed by atoms with Crippen molar-refractivity contribution in [1.29, 1.82) is 0 Å². The van der Waals surface area contributed by atoms with Crippen LogP contribution in [0.1, 0.15) is 15.9 Å². The van der Waals surface area contributed by atoms with Crippen LogP contribution in [0.4, 0.5) is 11.4 Å². The molecule has 0 fully saturated rings. The molecule has 0 aromatic heterocycles. The summed E-state index contributed by atoms with van der Waals surface area (Å²) in [5.74, 6) is 0.696. The number of ether oxygens (including phenoxy) is 2. The Hall–Kier alpha value is -4.41. The third-order valence-electron chi connectivity index (χ3n) is 6.26. The van der Waals surface area contributed by atoms with Gasteiger partial charge in [0.15, 0.2) is 5.11 Å². The number of thiocarbonyl (C=S) groups is 1. The van der Waals surface area contributed by atoms with Gasteiger partial charge in [0.05, 0.1) is 16.1 Å². The molecule has 0 aliphatic carbocycles.